The molecule has 1 aliphatic carbocycles. The van der Waals surface area contributed by atoms with Crippen LogP contribution in [0.15, 0.2) is 21.6 Å². The Kier molecular flexibility index (Phi) is 3.41. The second-order valence-corrected chi connectivity index (χ2v) is 7.50. The molecule has 0 bridgehead atoms. The summed E-state index contributed by atoms with van der Waals surface area (Å²) >= 11 is 0. The van der Waals surface area contributed by atoms with Gasteiger partial charge in [-0.1, -0.05) is 6.92 Å². The van der Waals surface area contributed by atoms with Crippen molar-refractivity contribution in [1.29, 1.82) is 0 Å². The zero-order chi connectivity index (χ0) is 13.5. The molecule has 0 radical (unpaired) electrons. The number of furan rings is 1. The van der Waals surface area contributed by atoms with Gasteiger partial charge in [0.25, 0.3) is 10.0 Å². The van der Waals surface area contributed by atoms with E-state index in [0.29, 0.717) is 37.4 Å². The van der Waals surface area contributed by atoms with Crippen LogP contribution in [0.5, 0.6) is 0 Å². The van der Waals surface area contributed by atoms with Gasteiger partial charge in [-0.2, -0.15) is 4.31 Å². The van der Waals surface area contributed by atoms with Crippen LogP contribution < -0.4 is 5.32 Å². The van der Waals surface area contributed by atoms with Crippen molar-refractivity contribution in [1.82, 2.24) is 9.62 Å². The Morgan fingerprint density at radius 3 is 2.79 bits per heavy atom. The van der Waals surface area contributed by atoms with Crippen LogP contribution in [0, 0.1) is 5.92 Å². The quantitative estimate of drug-likeness (QED) is 0.891. The second kappa shape index (κ2) is 4.92. The molecule has 1 N–H and O–H groups in total. The first-order valence-corrected chi connectivity index (χ1v) is 8.32. The van der Waals surface area contributed by atoms with Crippen LogP contribution in [0.1, 0.15) is 31.9 Å². The van der Waals surface area contributed by atoms with E-state index in [1.54, 1.807) is 12.1 Å². The van der Waals surface area contributed by atoms with Gasteiger partial charge < -0.3 is 9.73 Å². The van der Waals surface area contributed by atoms with Crippen LogP contribution >= 0.6 is 0 Å². The van der Waals surface area contributed by atoms with E-state index in [2.05, 4.69) is 12.2 Å². The first-order chi connectivity index (χ1) is 9.05. The molecule has 1 atom stereocenters. The molecule has 0 aromatic carbocycles. The van der Waals surface area contributed by atoms with Gasteiger partial charge in [0.05, 0.1) is 6.54 Å². The van der Waals surface area contributed by atoms with Crippen molar-refractivity contribution < 1.29 is 12.8 Å². The molecule has 5 nitrogen and oxygen atoms in total. The number of nitrogens with zero attached hydrogens (tertiary/aromatic N) is 1. The molecule has 1 aromatic heterocycles. The van der Waals surface area contributed by atoms with Gasteiger partial charge >= 0.3 is 0 Å². The number of rotatable bonds is 5. The Hall–Kier alpha value is -0.850. The fourth-order valence-electron chi connectivity index (χ4n) is 2.36. The van der Waals surface area contributed by atoms with E-state index in [1.165, 1.54) is 17.1 Å². The molecule has 0 amide bonds. The fourth-order valence-corrected chi connectivity index (χ4v) is 3.87. The van der Waals surface area contributed by atoms with Crippen LogP contribution in [0.3, 0.4) is 0 Å². The molecule has 0 spiro atoms. The maximum absolute atomic E-state index is 12.4. The minimum atomic E-state index is -3.43. The first-order valence-electron chi connectivity index (χ1n) is 6.88. The van der Waals surface area contributed by atoms with E-state index < -0.39 is 10.0 Å². The zero-order valence-electron chi connectivity index (χ0n) is 11.1. The topological polar surface area (TPSA) is 62.6 Å². The summed E-state index contributed by atoms with van der Waals surface area (Å²) in [5, 5.41) is 3.39. The molecule has 6 heteroatoms. The van der Waals surface area contributed by atoms with E-state index in [4.69, 9.17) is 4.42 Å². The highest BCUT2D eigenvalue weighted by molar-refractivity contribution is 7.89. The lowest BCUT2D eigenvalue weighted by Gasteiger charge is -2.13. The molecular formula is C13H20N2O3S. The van der Waals surface area contributed by atoms with E-state index in [9.17, 15) is 8.42 Å². The monoisotopic (exact) mass is 284 g/mol. The van der Waals surface area contributed by atoms with Gasteiger partial charge in [0.15, 0.2) is 0 Å². The van der Waals surface area contributed by atoms with Crippen LogP contribution in [0.25, 0.3) is 0 Å². The van der Waals surface area contributed by atoms with Crippen molar-refractivity contribution in [3.63, 3.8) is 0 Å². The molecule has 1 saturated carbocycles. The number of hydrogen-bond acceptors (Lipinski definition) is 4. The molecule has 2 heterocycles. The van der Waals surface area contributed by atoms with Crippen LogP contribution in [0.2, 0.25) is 0 Å². The van der Waals surface area contributed by atoms with Crippen molar-refractivity contribution in [3.8, 4) is 0 Å². The summed E-state index contributed by atoms with van der Waals surface area (Å²) in [7, 11) is -3.43. The van der Waals surface area contributed by atoms with Gasteiger partial charge in [0.1, 0.15) is 5.76 Å². The first kappa shape index (κ1) is 13.1. The van der Waals surface area contributed by atoms with Crippen molar-refractivity contribution in [3.05, 3.63) is 17.9 Å². The third kappa shape index (κ3) is 2.85. The Balaban J connectivity index is 1.69. The summed E-state index contributed by atoms with van der Waals surface area (Å²) in [5.41, 5.74) is 0. The SMILES string of the molecule is CC1CCN(S(=O)(=O)c2ccc(CNC3CC3)o2)C1. The van der Waals surface area contributed by atoms with Crippen LogP contribution in [-0.2, 0) is 16.6 Å². The van der Waals surface area contributed by atoms with E-state index in [-0.39, 0.29) is 5.09 Å². The lowest BCUT2D eigenvalue weighted by molar-refractivity contribution is 0.379. The number of hydrogen-bond donors (Lipinski definition) is 1. The van der Waals surface area contributed by atoms with Gasteiger partial charge in [0, 0.05) is 19.1 Å². The van der Waals surface area contributed by atoms with Gasteiger partial charge in [-0.05, 0) is 37.3 Å². The largest absolute Gasteiger partial charge is 0.447 e. The third-order valence-corrected chi connectivity index (χ3v) is 5.50. The summed E-state index contributed by atoms with van der Waals surface area (Å²) in [6, 6.07) is 3.91. The molecule has 19 heavy (non-hydrogen) atoms. The third-order valence-electron chi connectivity index (χ3n) is 3.76. The summed E-state index contributed by atoms with van der Waals surface area (Å²) in [5.74, 6) is 1.12. The molecule has 1 aromatic rings. The molecular weight excluding hydrogens is 264 g/mol. The molecule has 1 saturated heterocycles. The normalized spacial score (nSPS) is 25.0. The van der Waals surface area contributed by atoms with Crippen LogP contribution in [-0.4, -0.2) is 31.9 Å². The highest BCUT2D eigenvalue weighted by Crippen LogP contribution is 2.25. The van der Waals surface area contributed by atoms with E-state index >= 15 is 0 Å². The Labute approximate surface area is 114 Å². The highest BCUT2D eigenvalue weighted by Gasteiger charge is 2.32. The van der Waals surface area contributed by atoms with Crippen molar-refractivity contribution in [2.45, 2.75) is 43.9 Å². The van der Waals surface area contributed by atoms with Crippen molar-refractivity contribution in [2.75, 3.05) is 13.1 Å². The van der Waals surface area contributed by atoms with Gasteiger partial charge in [-0.3, -0.25) is 0 Å². The Morgan fingerprint density at radius 1 is 1.37 bits per heavy atom. The molecule has 106 valence electrons. The fraction of sp³-hybridized carbons (Fsp3) is 0.692. The summed E-state index contributed by atoms with van der Waals surface area (Å²) in [6.07, 6.45) is 3.34. The second-order valence-electron chi connectivity index (χ2n) is 5.63. The number of nitrogens with one attached hydrogen (secondary N) is 1. The zero-order valence-corrected chi connectivity index (χ0v) is 11.9. The van der Waals surface area contributed by atoms with Crippen molar-refractivity contribution >= 4 is 10.0 Å². The van der Waals surface area contributed by atoms with Crippen molar-refractivity contribution in [2.24, 2.45) is 5.92 Å². The lowest BCUT2D eigenvalue weighted by Crippen LogP contribution is -2.28. The minimum absolute atomic E-state index is 0.0780. The van der Waals surface area contributed by atoms with Gasteiger partial charge in [-0.25, -0.2) is 8.42 Å². The molecule has 1 aliphatic heterocycles. The van der Waals surface area contributed by atoms with E-state index in [1.807, 2.05) is 0 Å². The average molecular weight is 284 g/mol. The maximum atomic E-state index is 12.4. The van der Waals surface area contributed by atoms with Gasteiger partial charge in [-0.15, -0.1) is 0 Å². The maximum Gasteiger partial charge on any atom is 0.276 e. The summed E-state index contributed by atoms with van der Waals surface area (Å²) in [4.78, 5) is 0. The van der Waals surface area contributed by atoms with Crippen LogP contribution in [0.4, 0.5) is 0 Å². The average Bonchev–Trinajstić information content (AvgIpc) is 2.89. The molecule has 2 fully saturated rings. The Morgan fingerprint density at radius 2 is 2.16 bits per heavy atom. The Bertz CT molecular complexity index is 548. The predicted octanol–water partition coefficient (Wildman–Crippen LogP) is 1.56. The summed E-state index contributed by atoms with van der Waals surface area (Å²) in [6.45, 7) is 3.87. The molecule has 1 unspecified atom stereocenters. The number of sulfonamides is 1. The molecule has 3 rings (SSSR count). The van der Waals surface area contributed by atoms with E-state index in [0.717, 1.165) is 6.42 Å². The highest BCUT2D eigenvalue weighted by atomic mass is 32.2. The summed E-state index contributed by atoms with van der Waals surface area (Å²) < 4.78 is 31.7. The minimum Gasteiger partial charge on any atom is -0.447 e. The molecule has 2 aliphatic rings. The smallest absolute Gasteiger partial charge is 0.276 e. The predicted molar refractivity (Wildman–Crippen MR) is 71.1 cm³/mol. The van der Waals surface area contributed by atoms with Gasteiger partial charge in [0.2, 0.25) is 5.09 Å². The lowest BCUT2D eigenvalue weighted by atomic mass is 10.2. The standard InChI is InChI=1S/C13H20N2O3S/c1-10-6-7-15(9-10)19(16,17)13-5-4-12(18-13)8-14-11-2-3-11/h4-5,10-11,14H,2-3,6-9H2,1H3.